The summed E-state index contributed by atoms with van der Waals surface area (Å²) in [7, 11) is 0. The highest BCUT2D eigenvalue weighted by molar-refractivity contribution is 5.65. The fourth-order valence-electron chi connectivity index (χ4n) is 0.953. The van der Waals surface area contributed by atoms with Gasteiger partial charge < -0.3 is 15.7 Å². The Morgan fingerprint density at radius 3 is 2.45 bits per heavy atom. The van der Waals surface area contributed by atoms with Crippen molar-refractivity contribution < 1.29 is 18.7 Å². The molecule has 0 aromatic heterocycles. The summed E-state index contributed by atoms with van der Waals surface area (Å²) in [5, 5.41) is 8.30. The highest BCUT2D eigenvalue weighted by Gasteiger charge is 2.47. The minimum Gasteiger partial charge on any atom is -0.465 e. The van der Waals surface area contributed by atoms with Crippen molar-refractivity contribution in [1.29, 1.82) is 0 Å². The molecule has 1 amide bonds. The predicted octanol–water partition coefficient (Wildman–Crippen LogP) is -0.0574. The van der Waals surface area contributed by atoms with Gasteiger partial charge in [-0.2, -0.15) is 0 Å². The Kier molecular flexibility index (Phi) is 1.71. The molecule has 1 heterocycles. The van der Waals surface area contributed by atoms with Gasteiger partial charge in [0, 0.05) is 6.54 Å². The van der Waals surface area contributed by atoms with Gasteiger partial charge in [0.25, 0.3) is 5.92 Å². The minimum absolute atomic E-state index is 0.289. The van der Waals surface area contributed by atoms with Crippen LogP contribution in [-0.2, 0) is 0 Å². The molecule has 0 aliphatic carbocycles. The van der Waals surface area contributed by atoms with Gasteiger partial charge in [-0.15, -0.1) is 0 Å². The first-order valence-corrected chi connectivity index (χ1v) is 3.05. The van der Waals surface area contributed by atoms with Crippen LogP contribution in [0.5, 0.6) is 0 Å². The van der Waals surface area contributed by atoms with Crippen LogP contribution >= 0.6 is 0 Å². The second-order valence-electron chi connectivity index (χ2n) is 2.53. The van der Waals surface area contributed by atoms with Crippen LogP contribution < -0.4 is 5.73 Å². The molecule has 1 fully saturated rings. The van der Waals surface area contributed by atoms with Crippen LogP contribution in [0.2, 0.25) is 0 Å². The largest absolute Gasteiger partial charge is 0.465 e. The number of hydrogen-bond acceptors (Lipinski definition) is 2. The Morgan fingerprint density at radius 1 is 1.73 bits per heavy atom. The standard InChI is InChI=1S/C5H8F2N2O2/c6-5(7)2-9(4(10)11)1-3(5)8/h3H,1-2,8H2,(H,10,11)/t3-/m0/s1. The van der Waals surface area contributed by atoms with Crippen LogP contribution in [0.3, 0.4) is 0 Å². The average Bonchev–Trinajstić information content (AvgIpc) is 2.08. The van der Waals surface area contributed by atoms with E-state index >= 15 is 0 Å². The molecule has 0 aromatic rings. The van der Waals surface area contributed by atoms with E-state index in [1.807, 2.05) is 0 Å². The molecule has 0 aromatic carbocycles. The Hall–Kier alpha value is -0.910. The molecule has 0 bridgehead atoms. The van der Waals surface area contributed by atoms with Gasteiger partial charge in [0.2, 0.25) is 0 Å². The van der Waals surface area contributed by atoms with E-state index in [-0.39, 0.29) is 6.54 Å². The quantitative estimate of drug-likeness (QED) is 0.529. The predicted molar refractivity (Wildman–Crippen MR) is 32.5 cm³/mol. The number of likely N-dealkylation sites (tertiary alicyclic amines) is 1. The van der Waals surface area contributed by atoms with Gasteiger partial charge in [-0.3, -0.25) is 0 Å². The summed E-state index contributed by atoms with van der Waals surface area (Å²) in [5.41, 5.74) is 4.99. The van der Waals surface area contributed by atoms with Crippen molar-refractivity contribution >= 4 is 6.09 Å². The Morgan fingerprint density at radius 2 is 2.27 bits per heavy atom. The van der Waals surface area contributed by atoms with Gasteiger partial charge in [-0.25, -0.2) is 13.6 Å². The lowest BCUT2D eigenvalue weighted by atomic mass is 10.2. The maximum absolute atomic E-state index is 12.5. The van der Waals surface area contributed by atoms with Gasteiger partial charge in [0.1, 0.15) is 0 Å². The molecule has 1 aliphatic heterocycles. The lowest BCUT2D eigenvalue weighted by molar-refractivity contribution is -0.0000309. The second-order valence-corrected chi connectivity index (χ2v) is 2.53. The van der Waals surface area contributed by atoms with Gasteiger partial charge in [0.15, 0.2) is 0 Å². The van der Waals surface area contributed by atoms with Crippen molar-refractivity contribution in [2.24, 2.45) is 5.73 Å². The number of hydrogen-bond donors (Lipinski definition) is 2. The Bertz CT molecular complexity index is 185. The van der Waals surface area contributed by atoms with E-state index in [1.165, 1.54) is 0 Å². The first-order chi connectivity index (χ1) is 4.93. The number of halogens is 2. The molecular weight excluding hydrogens is 158 g/mol. The number of nitrogens with two attached hydrogens (primary N) is 1. The average molecular weight is 166 g/mol. The normalized spacial score (nSPS) is 29.0. The first kappa shape index (κ1) is 8.19. The van der Waals surface area contributed by atoms with Crippen LogP contribution in [0.25, 0.3) is 0 Å². The van der Waals surface area contributed by atoms with E-state index in [9.17, 15) is 13.6 Å². The van der Waals surface area contributed by atoms with Crippen LogP contribution in [-0.4, -0.2) is 41.2 Å². The fraction of sp³-hybridized carbons (Fsp3) is 0.800. The summed E-state index contributed by atoms with van der Waals surface area (Å²) in [6, 6.07) is -1.36. The number of amides is 1. The summed E-state index contributed by atoms with van der Waals surface area (Å²) in [6.07, 6.45) is -1.35. The Balaban J connectivity index is 2.64. The Labute approximate surface area is 61.6 Å². The lowest BCUT2D eigenvalue weighted by Gasteiger charge is -2.11. The summed E-state index contributed by atoms with van der Waals surface area (Å²) < 4.78 is 25.0. The van der Waals surface area contributed by atoms with E-state index in [0.29, 0.717) is 4.90 Å². The highest BCUT2D eigenvalue weighted by atomic mass is 19.3. The van der Waals surface area contributed by atoms with Crippen molar-refractivity contribution in [2.75, 3.05) is 13.1 Å². The van der Waals surface area contributed by atoms with Crippen LogP contribution in [0, 0.1) is 0 Å². The summed E-state index contributed by atoms with van der Waals surface area (Å²) >= 11 is 0. The zero-order valence-electron chi connectivity index (χ0n) is 5.63. The van der Waals surface area contributed by atoms with Gasteiger partial charge in [0.05, 0.1) is 12.6 Å². The lowest BCUT2D eigenvalue weighted by Crippen LogP contribution is -2.38. The molecular formula is C5H8F2N2O2. The minimum atomic E-state index is -3.07. The third-order valence-electron chi connectivity index (χ3n) is 1.63. The molecule has 1 saturated heterocycles. The molecule has 1 atom stereocenters. The first-order valence-electron chi connectivity index (χ1n) is 3.05. The fourth-order valence-corrected chi connectivity index (χ4v) is 0.953. The topological polar surface area (TPSA) is 66.6 Å². The number of nitrogens with zero attached hydrogens (tertiary/aromatic N) is 1. The molecule has 3 N–H and O–H groups in total. The number of rotatable bonds is 0. The van der Waals surface area contributed by atoms with Crippen molar-refractivity contribution in [3.8, 4) is 0 Å². The molecule has 6 heteroatoms. The van der Waals surface area contributed by atoms with Crippen LogP contribution in [0.4, 0.5) is 13.6 Å². The van der Waals surface area contributed by atoms with Crippen molar-refractivity contribution in [2.45, 2.75) is 12.0 Å². The van der Waals surface area contributed by atoms with E-state index in [0.717, 1.165) is 0 Å². The third kappa shape index (κ3) is 1.40. The second kappa shape index (κ2) is 2.30. The molecule has 1 rings (SSSR count). The molecule has 0 unspecified atom stereocenters. The van der Waals surface area contributed by atoms with Crippen molar-refractivity contribution in [1.82, 2.24) is 4.90 Å². The van der Waals surface area contributed by atoms with E-state index in [2.05, 4.69) is 0 Å². The molecule has 4 nitrogen and oxygen atoms in total. The smallest absolute Gasteiger partial charge is 0.407 e. The molecule has 1 aliphatic rings. The molecule has 11 heavy (non-hydrogen) atoms. The zero-order chi connectivity index (χ0) is 8.65. The maximum atomic E-state index is 12.5. The molecule has 64 valence electrons. The van der Waals surface area contributed by atoms with Crippen LogP contribution in [0.1, 0.15) is 0 Å². The van der Waals surface area contributed by atoms with E-state index in [1.54, 1.807) is 0 Å². The molecule has 0 saturated carbocycles. The van der Waals surface area contributed by atoms with Gasteiger partial charge in [-0.05, 0) is 0 Å². The monoisotopic (exact) mass is 166 g/mol. The highest BCUT2D eigenvalue weighted by Crippen LogP contribution is 2.25. The SMILES string of the molecule is N[C@H]1CN(C(=O)O)CC1(F)F. The number of carboxylic acid groups (broad SMARTS) is 1. The number of carbonyl (C=O) groups is 1. The van der Waals surface area contributed by atoms with Crippen molar-refractivity contribution in [3.05, 3.63) is 0 Å². The third-order valence-corrected chi connectivity index (χ3v) is 1.63. The number of alkyl halides is 2. The van der Waals surface area contributed by atoms with E-state index < -0.39 is 24.6 Å². The summed E-state index contributed by atoms with van der Waals surface area (Å²) in [6.45, 7) is -1.08. The van der Waals surface area contributed by atoms with Gasteiger partial charge >= 0.3 is 6.09 Å². The maximum Gasteiger partial charge on any atom is 0.407 e. The van der Waals surface area contributed by atoms with E-state index in [4.69, 9.17) is 10.8 Å². The summed E-state index contributed by atoms with van der Waals surface area (Å²) in [5.74, 6) is -3.07. The van der Waals surface area contributed by atoms with Gasteiger partial charge in [-0.1, -0.05) is 0 Å². The summed E-state index contributed by atoms with van der Waals surface area (Å²) in [4.78, 5) is 10.8. The zero-order valence-corrected chi connectivity index (χ0v) is 5.63. The molecule has 0 spiro atoms. The van der Waals surface area contributed by atoms with Crippen LogP contribution in [0.15, 0.2) is 0 Å². The van der Waals surface area contributed by atoms with Crippen molar-refractivity contribution in [3.63, 3.8) is 0 Å². The molecule has 0 radical (unpaired) electrons.